The van der Waals surface area contributed by atoms with E-state index in [1.54, 1.807) is 12.1 Å². The molecule has 0 bridgehead atoms. The monoisotopic (exact) mass is 258 g/mol. The predicted molar refractivity (Wildman–Crippen MR) is 62.9 cm³/mol. The van der Waals surface area contributed by atoms with Gasteiger partial charge in [-0.1, -0.05) is 28.4 Å². The fraction of sp³-hybridized carbons (Fsp3) is 0.100. The van der Waals surface area contributed by atoms with Crippen LogP contribution in [0.4, 0.5) is 5.88 Å². The highest BCUT2D eigenvalue weighted by atomic mass is 35.5. The second-order valence-corrected chi connectivity index (χ2v) is 3.89. The largest absolute Gasteiger partial charge is 0.495 e. The van der Waals surface area contributed by atoms with E-state index < -0.39 is 0 Å². The molecule has 0 aliphatic heterocycles. The molecule has 16 heavy (non-hydrogen) atoms. The molecule has 2 N–H and O–H groups in total. The van der Waals surface area contributed by atoms with Crippen molar-refractivity contribution in [3.63, 3.8) is 0 Å². The molecule has 0 saturated heterocycles. The number of methoxy groups -OCH3 is 1. The third kappa shape index (κ3) is 1.81. The fourth-order valence-electron chi connectivity index (χ4n) is 1.36. The molecule has 2 aromatic rings. The highest BCUT2D eigenvalue weighted by molar-refractivity contribution is 6.36. The number of hydrogen-bond donors (Lipinski definition) is 1. The quantitative estimate of drug-likeness (QED) is 0.899. The van der Waals surface area contributed by atoms with Crippen molar-refractivity contribution in [2.45, 2.75) is 0 Å². The molecule has 1 heterocycles. The van der Waals surface area contributed by atoms with E-state index in [1.807, 2.05) is 0 Å². The summed E-state index contributed by atoms with van der Waals surface area (Å²) in [5, 5.41) is 4.50. The highest BCUT2D eigenvalue weighted by Crippen LogP contribution is 2.39. The average Bonchev–Trinajstić information content (AvgIpc) is 2.67. The van der Waals surface area contributed by atoms with Gasteiger partial charge in [-0.25, -0.2) is 0 Å². The standard InChI is InChI=1S/C10H8Cl2N2O2/c1-15-8-3-5(11)2-6(9(8)12)7-4-14-16-10(7)13/h2-4H,13H2,1H3. The maximum atomic E-state index is 6.14. The van der Waals surface area contributed by atoms with Gasteiger partial charge in [0.05, 0.1) is 23.9 Å². The van der Waals surface area contributed by atoms with Gasteiger partial charge in [-0.15, -0.1) is 0 Å². The van der Waals surface area contributed by atoms with Crippen LogP contribution >= 0.6 is 23.2 Å². The molecule has 1 aromatic carbocycles. The molecule has 2 rings (SSSR count). The first-order valence-corrected chi connectivity index (χ1v) is 5.12. The van der Waals surface area contributed by atoms with Crippen LogP contribution in [-0.4, -0.2) is 12.3 Å². The molecular weight excluding hydrogens is 251 g/mol. The first-order valence-electron chi connectivity index (χ1n) is 4.37. The molecule has 0 radical (unpaired) electrons. The van der Waals surface area contributed by atoms with Gasteiger partial charge in [-0.2, -0.15) is 0 Å². The summed E-state index contributed by atoms with van der Waals surface area (Å²) in [7, 11) is 1.51. The maximum absolute atomic E-state index is 6.14. The van der Waals surface area contributed by atoms with Crippen molar-refractivity contribution in [1.29, 1.82) is 0 Å². The lowest BCUT2D eigenvalue weighted by atomic mass is 10.1. The van der Waals surface area contributed by atoms with Crippen LogP contribution in [0.3, 0.4) is 0 Å². The number of ether oxygens (including phenoxy) is 1. The highest BCUT2D eigenvalue weighted by Gasteiger charge is 2.15. The number of rotatable bonds is 2. The second kappa shape index (κ2) is 4.23. The van der Waals surface area contributed by atoms with E-state index in [2.05, 4.69) is 5.16 Å². The molecule has 0 atom stereocenters. The van der Waals surface area contributed by atoms with Crippen molar-refractivity contribution < 1.29 is 9.26 Å². The van der Waals surface area contributed by atoms with Crippen LogP contribution in [0.15, 0.2) is 22.9 Å². The molecule has 4 nitrogen and oxygen atoms in total. The molecule has 0 saturated carbocycles. The first-order chi connectivity index (χ1) is 7.63. The molecular formula is C10H8Cl2N2O2. The van der Waals surface area contributed by atoms with Gasteiger partial charge in [0.15, 0.2) is 0 Å². The Balaban J connectivity index is 2.65. The Morgan fingerprint density at radius 2 is 2.06 bits per heavy atom. The van der Waals surface area contributed by atoms with Crippen molar-refractivity contribution >= 4 is 29.1 Å². The summed E-state index contributed by atoms with van der Waals surface area (Å²) >= 11 is 12.1. The zero-order valence-corrected chi connectivity index (χ0v) is 9.84. The van der Waals surface area contributed by atoms with E-state index >= 15 is 0 Å². The van der Waals surface area contributed by atoms with Crippen LogP contribution < -0.4 is 10.5 Å². The van der Waals surface area contributed by atoms with Crippen molar-refractivity contribution in [1.82, 2.24) is 5.16 Å². The summed E-state index contributed by atoms with van der Waals surface area (Å²) in [6.07, 6.45) is 1.48. The second-order valence-electron chi connectivity index (χ2n) is 3.07. The minimum atomic E-state index is 0.186. The molecule has 0 amide bonds. The lowest BCUT2D eigenvalue weighted by Gasteiger charge is -2.08. The van der Waals surface area contributed by atoms with Gasteiger partial charge in [0, 0.05) is 16.7 Å². The minimum Gasteiger partial charge on any atom is -0.495 e. The van der Waals surface area contributed by atoms with Gasteiger partial charge < -0.3 is 15.0 Å². The number of nitrogen functional groups attached to an aromatic ring is 1. The van der Waals surface area contributed by atoms with Crippen LogP contribution in [0.5, 0.6) is 5.75 Å². The summed E-state index contributed by atoms with van der Waals surface area (Å²) in [4.78, 5) is 0. The molecule has 84 valence electrons. The lowest BCUT2D eigenvalue weighted by Crippen LogP contribution is -1.89. The molecule has 0 fully saturated rings. The molecule has 0 unspecified atom stereocenters. The number of hydrogen-bond acceptors (Lipinski definition) is 4. The third-order valence-corrected chi connectivity index (χ3v) is 2.72. The zero-order chi connectivity index (χ0) is 11.7. The van der Waals surface area contributed by atoms with E-state index in [-0.39, 0.29) is 5.88 Å². The number of nitrogens with two attached hydrogens (primary N) is 1. The van der Waals surface area contributed by atoms with Crippen LogP contribution in [0, 0.1) is 0 Å². The van der Waals surface area contributed by atoms with Crippen molar-refractivity contribution in [3.8, 4) is 16.9 Å². The number of halogens is 2. The van der Waals surface area contributed by atoms with E-state index in [4.69, 9.17) is 38.2 Å². The average molecular weight is 259 g/mol. The van der Waals surface area contributed by atoms with Crippen LogP contribution in [0.25, 0.3) is 11.1 Å². The zero-order valence-electron chi connectivity index (χ0n) is 8.33. The van der Waals surface area contributed by atoms with Gasteiger partial charge in [-0.05, 0) is 6.07 Å². The van der Waals surface area contributed by atoms with Crippen molar-refractivity contribution in [3.05, 3.63) is 28.4 Å². The molecule has 0 spiro atoms. The Morgan fingerprint density at radius 3 is 2.62 bits per heavy atom. The minimum absolute atomic E-state index is 0.186. The first kappa shape index (κ1) is 11.1. The third-order valence-electron chi connectivity index (χ3n) is 2.11. The number of aromatic nitrogens is 1. The Morgan fingerprint density at radius 1 is 1.31 bits per heavy atom. The summed E-state index contributed by atoms with van der Waals surface area (Å²) in [5.41, 5.74) is 6.83. The maximum Gasteiger partial charge on any atom is 0.230 e. The lowest BCUT2D eigenvalue weighted by molar-refractivity contribution is 0.415. The van der Waals surface area contributed by atoms with E-state index in [1.165, 1.54) is 13.3 Å². The summed E-state index contributed by atoms with van der Waals surface area (Å²) < 4.78 is 9.87. The molecule has 0 aliphatic rings. The number of benzene rings is 1. The van der Waals surface area contributed by atoms with E-state index in [9.17, 15) is 0 Å². The van der Waals surface area contributed by atoms with Crippen molar-refractivity contribution in [2.24, 2.45) is 0 Å². The Kier molecular flexibility index (Phi) is 2.94. The topological polar surface area (TPSA) is 61.3 Å². The smallest absolute Gasteiger partial charge is 0.230 e. The summed E-state index contributed by atoms with van der Waals surface area (Å²) in [6.45, 7) is 0. The molecule has 6 heteroatoms. The van der Waals surface area contributed by atoms with E-state index in [0.29, 0.717) is 26.9 Å². The van der Waals surface area contributed by atoms with Gasteiger partial charge in [-0.3, -0.25) is 0 Å². The van der Waals surface area contributed by atoms with Gasteiger partial charge in [0.2, 0.25) is 5.88 Å². The Bertz CT molecular complexity index is 526. The predicted octanol–water partition coefficient (Wildman–Crippen LogP) is 3.24. The van der Waals surface area contributed by atoms with Gasteiger partial charge in [0.1, 0.15) is 5.75 Å². The van der Waals surface area contributed by atoms with Crippen LogP contribution in [0.1, 0.15) is 0 Å². The Hall–Kier alpha value is -1.39. The normalized spacial score (nSPS) is 10.4. The van der Waals surface area contributed by atoms with Gasteiger partial charge >= 0.3 is 0 Å². The summed E-state index contributed by atoms with van der Waals surface area (Å²) in [5.74, 6) is 0.663. The van der Waals surface area contributed by atoms with Crippen LogP contribution in [-0.2, 0) is 0 Å². The Labute approximate surface area is 102 Å². The molecule has 1 aromatic heterocycles. The van der Waals surface area contributed by atoms with Gasteiger partial charge in [0.25, 0.3) is 0 Å². The summed E-state index contributed by atoms with van der Waals surface area (Å²) in [6, 6.07) is 3.30. The fourth-order valence-corrected chi connectivity index (χ4v) is 1.86. The van der Waals surface area contributed by atoms with Crippen molar-refractivity contribution in [2.75, 3.05) is 12.8 Å². The molecule has 0 aliphatic carbocycles. The number of nitrogens with zero attached hydrogens (tertiary/aromatic N) is 1. The van der Waals surface area contributed by atoms with E-state index in [0.717, 1.165) is 0 Å². The SMILES string of the molecule is COc1cc(Cl)cc(-c2cnoc2N)c1Cl. The van der Waals surface area contributed by atoms with Crippen LogP contribution in [0.2, 0.25) is 10.0 Å². The number of anilines is 1.